The smallest absolute Gasteiger partial charge is 0.355 e. The van der Waals surface area contributed by atoms with Crippen molar-refractivity contribution in [1.29, 1.82) is 0 Å². The standard InChI is InChI=1S/C17H21F3N6O2/c1-3-6-22-15(27)8-25(2)9-16(28)24-13-7-12(17(18,19)20)4-5-14(13)26-11-21-10-23-26/h4-5,7,10-11H,3,6,8-9H2,1-2H3,(H,22,27)(H,24,28). The lowest BCUT2D eigenvalue weighted by Gasteiger charge is -2.18. The number of benzene rings is 1. The summed E-state index contributed by atoms with van der Waals surface area (Å²) in [6, 6.07) is 2.94. The first-order valence-corrected chi connectivity index (χ1v) is 8.52. The molecule has 0 fully saturated rings. The number of amides is 2. The van der Waals surface area contributed by atoms with Gasteiger partial charge in [-0.1, -0.05) is 6.92 Å². The lowest BCUT2D eigenvalue weighted by Crippen LogP contribution is -2.39. The molecule has 0 aliphatic carbocycles. The van der Waals surface area contributed by atoms with Crippen molar-refractivity contribution < 1.29 is 22.8 Å². The molecular formula is C17H21F3N6O2. The highest BCUT2D eigenvalue weighted by Crippen LogP contribution is 2.33. The number of nitrogens with zero attached hydrogens (tertiary/aromatic N) is 4. The molecule has 1 aromatic carbocycles. The molecule has 0 radical (unpaired) electrons. The largest absolute Gasteiger partial charge is 0.416 e. The fourth-order valence-corrected chi connectivity index (χ4v) is 2.40. The monoisotopic (exact) mass is 398 g/mol. The van der Waals surface area contributed by atoms with Crippen LogP contribution < -0.4 is 10.6 Å². The first kappa shape index (κ1) is 21.4. The van der Waals surface area contributed by atoms with Crippen LogP contribution in [0, 0.1) is 0 Å². The van der Waals surface area contributed by atoms with Crippen LogP contribution in [-0.4, -0.2) is 58.2 Å². The first-order chi connectivity index (χ1) is 13.2. The van der Waals surface area contributed by atoms with Crippen LogP contribution in [0.2, 0.25) is 0 Å². The van der Waals surface area contributed by atoms with E-state index in [4.69, 9.17) is 0 Å². The Hall–Kier alpha value is -2.95. The fraction of sp³-hybridized carbons (Fsp3) is 0.412. The second-order valence-corrected chi connectivity index (χ2v) is 6.14. The van der Waals surface area contributed by atoms with Gasteiger partial charge in [0.2, 0.25) is 11.8 Å². The van der Waals surface area contributed by atoms with Crippen molar-refractivity contribution in [2.24, 2.45) is 0 Å². The average molecular weight is 398 g/mol. The van der Waals surface area contributed by atoms with Crippen molar-refractivity contribution >= 4 is 17.5 Å². The van der Waals surface area contributed by atoms with Crippen molar-refractivity contribution in [2.75, 3.05) is 32.0 Å². The molecule has 2 amide bonds. The van der Waals surface area contributed by atoms with Gasteiger partial charge >= 0.3 is 6.18 Å². The molecule has 0 bridgehead atoms. The summed E-state index contributed by atoms with van der Waals surface area (Å²) in [7, 11) is 1.57. The van der Waals surface area contributed by atoms with E-state index in [1.54, 1.807) is 7.05 Å². The molecule has 1 heterocycles. The van der Waals surface area contributed by atoms with Gasteiger partial charge in [0, 0.05) is 6.54 Å². The molecule has 11 heteroatoms. The maximum absolute atomic E-state index is 13.0. The highest BCUT2D eigenvalue weighted by molar-refractivity contribution is 5.94. The van der Waals surface area contributed by atoms with E-state index < -0.39 is 17.6 Å². The highest BCUT2D eigenvalue weighted by atomic mass is 19.4. The van der Waals surface area contributed by atoms with E-state index in [0.717, 1.165) is 18.6 Å². The maximum Gasteiger partial charge on any atom is 0.416 e. The molecule has 0 spiro atoms. The Bertz CT molecular complexity index is 808. The minimum Gasteiger partial charge on any atom is -0.355 e. The van der Waals surface area contributed by atoms with E-state index in [2.05, 4.69) is 20.7 Å². The van der Waals surface area contributed by atoms with Gasteiger partial charge in [-0.25, -0.2) is 9.67 Å². The summed E-state index contributed by atoms with van der Waals surface area (Å²) >= 11 is 0. The number of nitrogens with one attached hydrogen (secondary N) is 2. The minimum atomic E-state index is -4.56. The van der Waals surface area contributed by atoms with Gasteiger partial charge in [0.15, 0.2) is 0 Å². The third-order valence-electron chi connectivity index (χ3n) is 3.66. The summed E-state index contributed by atoms with van der Waals surface area (Å²) in [6.45, 7) is 2.27. The molecule has 0 aliphatic heterocycles. The molecular weight excluding hydrogens is 377 g/mol. The number of rotatable bonds is 8. The summed E-state index contributed by atoms with van der Waals surface area (Å²) in [5.41, 5.74) is -0.727. The van der Waals surface area contributed by atoms with Crippen molar-refractivity contribution in [3.05, 3.63) is 36.4 Å². The van der Waals surface area contributed by atoms with Crippen molar-refractivity contribution in [3.8, 4) is 5.69 Å². The molecule has 0 aliphatic rings. The zero-order valence-electron chi connectivity index (χ0n) is 15.5. The lowest BCUT2D eigenvalue weighted by molar-refractivity contribution is -0.137. The molecule has 2 aromatic rings. The Morgan fingerprint density at radius 1 is 1.21 bits per heavy atom. The fourth-order valence-electron chi connectivity index (χ4n) is 2.40. The minimum absolute atomic E-state index is 0.00799. The number of likely N-dealkylation sites (N-methyl/N-ethyl adjacent to an activating group) is 1. The van der Waals surface area contributed by atoms with Gasteiger partial charge in [-0.3, -0.25) is 14.5 Å². The maximum atomic E-state index is 13.0. The van der Waals surface area contributed by atoms with E-state index in [1.807, 2.05) is 6.92 Å². The Morgan fingerprint density at radius 3 is 2.54 bits per heavy atom. The van der Waals surface area contributed by atoms with Gasteiger partial charge in [0.1, 0.15) is 12.7 Å². The molecule has 0 saturated heterocycles. The number of hydrogen-bond acceptors (Lipinski definition) is 5. The van der Waals surface area contributed by atoms with Crippen LogP contribution in [0.5, 0.6) is 0 Å². The normalized spacial score (nSPS) is 11.5. The summed E-state index contributed by atoms with van der Waals surface area (Å²) in [6.07, 6.45) is -1.24. The number of carbonyl (C=O) groups excluding carboxylic acids is 2. The van der Waals surface area contributed by atoms with Gasteiger partial charge in [-0.15, -0.1) is 0 Å². The molecule has 0 atom stereocenters. The number of hydrogen-bond donors (Lipinski definition) is 2. The van der Waals surface area contributed by atoms with E-state index in [1.165, 1.54) is 28.3 Å². The number of aromatic nitrogens is 3. The Morgan fingerprint density at radius 2 is 1.93 bits per heavy atom. The second kappa shape index (κ2) is 9.31. The molecule has 2 N–H and O–H groups in total. The zero-order chi connectivity index (χ0) is 20.7. The van der Waals surface area contributed by atoms with Gasteiger partial charge in [-0.05, 0) is 31.7 Å². The van der Waals surface area contributed by atoms with Crippen molar-refractivity contribution in [3.63, 3.8) is 0 Å². The van der Waals surface area contributed by atoms with E-state index in [-0.39, 0.29) is 30.4 Å². The first-order valence-electron chi connectivity index (χ1n) is 8.52. The summed E-state index contributed by atoms with van der Waals surface area (Å²) in [5, 5.41) is 9.02. The molecule has 0 unspecified atom stereocenters. The quantitative estimate of drug-likeness (QED) is 0.706. The molecule has 1 aromatic heterocycles. The average Bonchev–Trinajstić information content (AvgIpc) is 3.13. The van der Waals surface area contributed by atoms with Crippen LogP contribution in [0.4, 0.5) is 18.9 Å². The van der Waals surface area contributed by atoms with Crippen LogP contribution in [0.3, 0.4) is 0 Å². The summed E-state index contributed by atoms with van der Waals surface area (Å²) in [4.78, 5) is 29.2. The van der Waals surface area contributed by atoms with Gasteiger partial charge < -0.3 is 10.6 Å². The molecule has 8 nitrogen and oxygen atoms in total. The van der Waals surface area contributed by atoms with Gasteiger partial charge in [0.25, 0.3) is 0 Å². The van der Waals surface area contributed by atoms with Crippen LogP contribution in [0.1, 0.15) is 18.9 Å². The zero-order valence-corrected chi connectivity index (χ0v) is 15.5. The predicted molar refractivity (Wildman–Crippen MR) is 95.8 cm³/mol. The number of alkyl halides is 3. The third-order valence-corrected chi connectivity index (χ3v) is 3.66. The van der Waals surface area contributed by atoms with Crippen LogP contribution in [-0.2, 0) is 15.8 Å². The molecule has 2 rings (SSSR count). The lowest BCUT2D eigenvalue weighted by atomic mass is 10.1. The Labute approximate surface area is 159 Å². The molecule has 152 valence electrons. The van der Waals surface area contributed by atoms with E-state index in [0.29, 0.717) is 6.54 Å². The van der Waals surface area contributed by atoms with Gasteiger partial charge in [-0.2, -0.15) is 18.3 Å². The Balaban J connectivity index is 2.12. The number of anilines is 1. The van der Waals surface area contributed by atoms with Gasteiger partial charge in [0.05, 0.1) is 30.0 Å². The van der Waals surface area contributed by atoms with Crippen LogP contribution in [0.15, 0.2) is 30.9 Å². The van der Waals surface area contributed by atoms with E-state index in [9.17, 15) is 22.8 Å². The summed E-state index contributed by atoms with van der Waals surface area (Å²) < 4.78 is 40.4. The van der Waals surface area contributed by atoms with Crippen LogP contribution >= 0.6 is 0 Å². The number of halogens is 3. The topological polar surface area (TPSA) is 92.2 Å². The highest BCUT2D eigenvalue weighted by Gasteiger charge is 2.31. The third kappa shape index (κ3) is 6.05. The van der Waals surface area contributed by atoms with Crippen molar-refractivity contribution in [2.45, 2.75) is 19.5 Å². The molecule has 0 saturated carbocycles. The summed E-state index contributed by atoms with van der Waals surface area (Å²) in [5.74, 6) is -0.800. The van der Waals surface area contributed by atoms with Crippen molar-refractivity contribution in [1.82, 2.24) is 25.0 Å². The Kier molecular flexibility index (Phi) is 7.10. The number of carbonyl (C=O) groups is 2. The molecule has 28 heavy (non-hydrogen) atoms. The van der Waals surface area contributed by atoms with E-state index >= 15 is 0 Å². The predicted octanol–water partition coefficient (Wildman–Crippen LogP) is 1.68. The van der Waals surface area contributed by atoms with Crippen LogP contribution in [0.25, 0.3) is 5.69 Å². The second-order valence-electron chi connectivity index (χ2n) is 6.14. The SMILES string of the molecule is CCCNC(=O)CN(C)CC(=O)Nc1cc(C(F)(F)F)ccc1-n1cncn1.